The second-order valence-corrected chi connectivity index (χ2v) is 16.5. The first kappa shape index (κ1) is 39.5. The molecule has 8 rings (SSSR count). The molecule has 0 radical (unpaired) electrons. The van der Waals surface area contributed by atoms with Gasteiger partial charge in [0.05, 0.1) is 29.5 Å². The molecule has 0 bridgehead atoms. The number of nitrogens with zero attached hydrogens (tertiary/aromatic N) is 7. The Kier molecular flexibility index (Phi) is 10.8. The number of amides is 3. The molecule has 4 aromatic heterocycles. The van der Waals surface area contributed by atoms with Crippen LogP contribution < -0.4 is 15.5 Å². The maximum atomic E-state index is 15.0. The Labute approximate surface area is 341 Å². The minimum Gasteiger partial charge on any atom is -0.368 e. The zero-order chi connectivity index (χ0) is 41.4. The smallest absolute Gasteiger partial charge is 0.293 e. The van der Waals surface area contributed by atoms with Gasteiger partial charge in [0.1, 0.15) is 11.5 Å². The molecule has 0 aliphatic carbocycles. The molecule has 2 atom stereocenters. The lowest BCUT2D eigenvalue weighted by molar-refractivity contribution is -0.134. The topological polar surface area (TPSA) is 175 Å². The summed E-state index contributed by atoms with van der Waals surface area (Å²) in [6, 6.07) is 17.0. The molecule has 0 spiro atoms. The predicted octanol–water partition coefficient (Wildman–Crippen LogP) is 6.19. The highest BCUT2D eigenvalue weighted by molar-refractivity contribution is 6.01. The van der Waals surface area contributed by atoms with Crippen molar-refractivity contribution < 1.29 is 23.3 Å². The number of rotatable bonds is 10. The van der Waals surface area contributed by atoms with Gasteiger partial charge in [0.25, 0.3) is 11.7 Å². The van der Waals surface area contributed by atoms with Crippen LogP contribution in [0.1, 0.15) is 91.3 Å². The summed E-state index contributed by atoms with van der Waals surface area (Å²) in [5, 5.41) is 17.7. The Balaban J connectivity index is 0.870. The van der Waals surface area contributed by atoms with Crippen molar-refractivity contribution in [2.24, 2.45) is 0 Å². The van der Waals surface area contributed by atoms with Gasteiger partial charge in [-0.2, -0.15) is 10.1 Å². The number of piperidine rings is 1. The number of carbonyl (C=O) groups excluding carboxylic acids is 3. The lowest BCUT2D eigenvalue weighted by Crippen LogP contribution is -2.47. The summed E-state index contributed by atoms with van der Waals surface area (Å²) >= 11 is 0. The standard InChI is InChI=1S/C44H47FN10O4/c1-25-20-28(7-10-31(25)26(2)48-42(58)40-50-43(59-53-40)44(3,4)5)38-34-22-29(23-47-39(34)52-51-38)36-12-8-30(24-46-36)55-18-16-54(17-19-55)15-14-27-6-9-32(35(45)21-27)33-11-13-37(56)49-41(33)57/h6-10,12,20-24,26,33H,11,13-19H2,1-5H3,(H,48,58)(H,47,51,52)(H,49,56,57)/t26-,33+/m1/s1. The number of aryl methyl sites for hydroxylation is 1. The van der Waals surface area contributed by atoms with E-state index in [4.69, 9.17) is 9.51 Å². The monoisotopic (exact) mass is 798 g/mol. The van der Waals surface area contributed by atoms with Gasteiger partial charge in [0.15, 0.2) is 5.65 Å². The van der Waals surface area contributed by atoms with Crippen LogP contribution in [-0.4, -0.2) is 85.7 Å². The number of fused-ring (bicyclic) bond motifs is 1. The predicted molar refractivity (Wildman–Crippen MR) is 220 cm³/mol. The maximum Gasteiger partial charge on any atom is 0.293 e. The van der Waals surface area contributed by atoms with Crippen LogP contribution in [0.4, 0.5) is 10.1 Å². The van der Waals surface area contributed by atoms with E-state index in [2.05, 4.69) is 64.0 Å². The van der Waals surface area contributed by atoms with Gasteiger partial charge < -0.3 is 14.7 Å². The SMILES string of the molecule is Cc1cc(-c2n[nH]c3ncc(-c4ccc(N5CCN(CCc6ccc([C@@H]7CCC(=O)NC7=O)c(F)c6)CC5)cn4)cc23)ccc1[C@@H](C)NC(=O)c1noc(C(C)(C)C)n1. The summed E-state index contributed by atoms with van der Waals surface area (Å²) in [7, 11) is 0. The van der Waals surface area contributed by atoms with Crippen LogP contribution in [0.3, 0.4) is 0 Å². The molecule has 6 aromatic rings. The van der Waals surface area contributed by atoms with Gasteiger partial charge in [-0.25, -0.2) is 9.37 Å². The molecule has 14 nitrogen and oxygen atoms in total. The highest BCUT2D eigenvalue weighted by atomic mass is 19.1. The summed E-state index contributed by atoms with van der Waals surface area (Å²) in [6.07, 6.45) is 4.95. The lowest BCUT2D eigenvalue weighted by Gasteiger charge is -2.36. The van der Waals surface area contributed by atoms with Crippen molar-refractivity contribution in [1.82, 2.24) is 45.8 Å². The third-order valence-electron chi connectivity index (χ3n) is 11.2. The number of aromatic amines is 1. The Morgan fingerprint density at radius 1 is 1.00 bits per heavy atom. The number of pyridine rings is 2. The number of halogens is 1. The van der Waals surface area contributed by atoms with Crippen molar-refractivity contribution in [1.29, 1.82) is 0 Å². The molecule has 3 N–H and O–H groups in total. The minimum atomic E-state index is -0.629. The normalized spacial score (nSPS) is 17.0. The second kappa shape index (κ2) is 16.1. The fourth-order valence-corrected chi connectivity index (χ4v) is 7.79. The third kappa shape index (κ3) is 8.46. The number of piperazine rings is 1. The highest BCUT2D eigenvalue weighted by Crippen LogP contribution is 2.32. The molecule has 304 valence electrons. The quantitative estimate of drug-likeness (QED) is 0.135. The van der Waals surface area contributed by atoms with Crippen LogP contribution in [0.5, 0.6) is 0 Å². The van der Waals surface area contributed by atoms with Crippen LogP contribution in [0, 0.1) is 12.7 Å². The van der Waals surface area contributed by atoms with Crippen molar-refractivity contribution in [2.75, 3.05) is 37.6 Å². The molecule has 2 aromatic carbocycles. The number of hydrogen-bond donors (Lipinski definition) is 3. The van der Waals surface area contributed by atoms with E-state index < -0.39 is 23.5 Å². The summed E-state index contributed by atoms with van der Waals surface area (Å²) in [6.45, 7) is 14.0. The number of aromatic nitrogens is 6. The van der Waals surface area contributed by atoms with Gasteiger partial charge >= 0.3 is 0 Å². The van der Waals surface area contributed by atoms with E-state index in [-0.39, 0.29) is 29.6 Å². The number of nitrogens with one attached hydrogen (secondary N) is 3. The fraction of sp³-hybridized carbons (Fsp3) is 0.364. The third-order valence-corrected chi connectivity index (χ3v) is 11.2. The molecule has 59 heavy (non-hydrogen) atoms. The van der Waals surface area contributed by atoms with E-state index in [0.717, 1.165) is 83.0 Å². The molecule has 2 saturated heterocycles. The number of imide groups is 1. The molecule has 15 heteroatoms. The number of anilines is 1. The number of H-pyrrole nitrogens is 1. The summed E-state index contributed by atoms with van der Waals surface area (Å²) < 4.78 is 20.3. The van der Waals surface area contributed by atoms with Crippen molar-refractivity contribution >= 4 is 34.4 Å². The van der Waals surface area contributed by atoms with Crippen LogP contribution in [0.15, 0.2) is 71.5 Å². The van der Waals surface area contributed by atoms with Gasteiger partial charge in [0.2, 0.25) is 17.7 Å². The van der Waals surface area contributed by atoms with Gasteiger partial charge in [-0.05, 0) is 73.7 Å². The van der Waals surface area contributed by atoms with Crippen LogP contribution in [-0.2, 0) is 21.4 Å². The molecule has 6 heterocycles. The second-order valence-electron chi connectivity index (χ2n) is 16.5. The number of hydrogen-bond acceptors (Lipinski definition) is 11. The van der Waals surface area contributed by atoms with Crippen molar-refractivity contribution in [3.05, 3.63) is 107 Å². The van der Waals surface area contributed by atoms with Gasteiger partial charge in [-0.15, -0.1) is 0 Å². The van der Waals surface area contributed by atoms with E-state index in [1.165, 1.54) is 6.07 Å². The minimum absolute atomic E-state index is 0.00693. The van der Waals surface area contributed by atoms with Crippen LogP contribution in [0.2, 0.25) is 0 Å². The Bertz CT molecular complexity index is 2540. The molecule has 3 amide bonds. The fourth-order valence-electron chi connectivity index (χ4n) is 7.79. The molecular weight excluding hydrogens is 752 g/mol. The lowest BCUT2D eigenvalue weighted by atomic mass is 9.89. The zero-order valence-electron chi connectivity index (χ0n) is 33.8. The molecule has 0 unspecified atom stereocenters. The van der Waals surface area contributed by atoms with E-state index in [1.54, 1.807) is 12.3 Å². The van der Waals surface area contributed by atoms with E-state index in [1.807, 2.05) is 65.1 Å². The molecule has 2 aliphatic rings. The maximum absolute atomic E-state index is 15.0. The first-order valence-electron chi connectivity index (χ1n) is 20.0. The van der Waals surface area contributed by atoms with E-state index >= 15 is 4.39 Å². The summed E-state index contributed by atoms with van der Waals surface area (Å²) in [5.74, 6) is -1.75. The number of carbonyl (C=O) groups is 3. The Hall–Kier alpha value is -6.35. The van der Waals surface area contributed by atoms with Crippen molar-refractivity contribution in [2.45, 2.75) is 71.3 Å². The van der Waals surface area contributed by atoms with Gasteiger partial charge in [-0.3, -0.25) is 34.7 Å². The van der Waals surface area contributed by atoms with E-state index in [0.29, 0.717) is 29.9 Å². The highest BCUT2D eigenvalue weighted by Gasteiger charge is 2.30. The van der Waals surface area contributed by atoms with Gasteiger partial charge in [-0.1, -0.05) is 50.2 Å². The average Bonchev–Trinajstić information content (AvgIpc) is 3.90. The van der Waals surface area contributed by atoms with Crippen molar-refractivity contribution in [3.8, 4) is 22.5 Å². The van der Waals surface area contributed by atoms with Crippen LogP contribution in [0.25, 0.3) is 33.5 Å². The van der Waals surface area contributed by atoms with Crippen LogP contribution >= 0.6 is 0 Å². The molecule has 0 saturated carbocycles. The molecular formula is C44H47FN10O4. The molecule has 2 aliphatic heterocycles. The summed E-state index contributed by atoms with van der Waals surface area (Å²) in [5.41, 5.74) is 7.90. The summed E-state index contributed by atoms with van der Waals surface area (Å²) in [4.78, 5) is 55.1. The zero-order valence-corrected chi connectivity index (χ0v) is 33.8. The largest absolute Gasteiger partial charge is 0.368 e. The number of benzene rings is 2. The Morgan fingerprint density at radius 2 is 1.81 bits per heavy atom. The average molecular weight is 799 g/mol. The molecule has 2 fully saturated rings. The first-order chi connectivity index (χ1) is 28.3. The van der Waals surface area contributed by atoms with Crippen molar-refractivity contribution in [3.63, 3.8) is 0 Å². The van der Waals surface area contributed by atoms with Gasteiger partial charge in [0, 0.05) is 72.8 Å². The van der Waals surface area contributed by atoms with E-state index in [9.17, 15) is 14.4 Å². The first-order valence-corrected chi connectivity index (χ1v) is 20.0. The Morgan fingerprint density at radius 3 is 2.51 bits per heavy atom.